The van der Waals surface area contributed by atoms with Crippen LogP contribution in [0.3, 0.4) is 0 Å². The Balaban J connectivity index is 2.63. The van der Waals surface area contributed by atoms with E-state index in [0.717, 1.165) is 16.6 Å². The lowest BCUT2D eigenvalue weighted by Crippen LogP contribution is -2.48. The van der Waals surface area contributed by atoms with Crippen LogP contribution in [0.15, 0.2) is 28.7 Å². The van der Waals surface area contributed by atoms with Gasteiger partial charge in [-0.05, 0) is 55.3 Å². The second-order valence-corrected chi connectivity index (χ2v) is 5.93. The summed E-state index contributed by atoms with van der Waals surface area (Å²) in [5.74, 6) is 0.0117. The lowest BCUT2D eigenvalue weighted by atomic mass is 10.0. The molecule has 3 nitrogen and oxygen atoms in total. The predicted octanol–water partition coefficient (Wildman–Crippen LogP) is 3.55. The highest BCUT2D eigenvalue weighted by molar-refractivity contribution is 9.10. The van der Waals surface area contributed by atoms with Gasteiger partial charge >= 0.3 is 0 Å². The van der Waals surface area contributed by atoms with E-state index in [9.17, 15) is 4.79 Å². The van der Waals surface area contributed by atoms with E-state index in [-0.39, 0.29) is 17.5 Å². The molecule has 1 atom stereocenters. The van der Waals surface area contributed by atoms with Crippen molar-refractivity contribution in [3.8, 4) is 0 Å². The Morgan fingerprint density at radius 1 is 1.39 bits per heavy atom. The van der Waals surface area contributed by atoms with Gasteiger partial charge in [-0.15, -0.1) is 0 Å². The van der Waals surface area contributed by atoms with Crippen LogP contribution in [-0.4, -0.2) is 17.5 Å². The van der Waals surface area contributed by atoms with Crippen molar-refractivity contribution in [1.82, 2.24) is 5.32 Å². The number of halogens is 1. The monoisotopic (exact) mass is 312 g/mol. The summed E-state index contributed by atoms with van der Waals surface area (Å²) >= 11 is 3.45. The second kappa shape index (κ2) is 6.23. The first kappa shape index (κ1) is 15.0. The van der Waals surface area contributed by atoms with Crippen LogP contribution in [0.1, 0.15) is 34.1 Å². The molecule has 0 aliphatic rings. The molecule has 0 fully saturated rings. The molecule has 0 bridgehead atoms. The quantitative estimate of drug-likeness (QED) is 0.873. The fourth-order valence-corrected chi connectivity index (χ4v) is 1.81. The van der Waals surface area contributed by atoms with E-state index in [2.05, 4.69) is 33.5 Å². The number of carbonyl (C=O) groups excluding carboxylic acids is 1. The molecule has 0 aliphatic heterocycles. The van der Waals surface area contributed by atoms with Gasteiger partial charge < -0.3 is 10.6 Å². The molecular formula is C14H21BrN2O. The third-order valence-corrected chi connectivity index (χ3v) is 3.68. The molecular weight excluding hydrogens is 292 g/mol. The van der Waals surface area contributed by atoms with Gasteiger partial charge in [-0.1, -0.05) is 19.1 Å². The summed E-state index contributed by atoms with van der Waals surface area (Å²) in [5, 5.41) is 6.23. The molecule has 1 amide bonds. The Kier molecular flexibility index (Phi) is 5.20. The van der Waals surface area contributed by atoms with E-state index in [4.69, 9.17) is 0 Å². The molecule has 18 heavy (non-hydrogen) atoms. The highest BCUT2D eigenvalue weighted by Crippen LogP contribution is 2.22. The summed E-state index contributed by atoms with van der Waals surface area (Å²) in [6.45, 7) is 7.97. The minimum absolute atomic E-state index is 0.0117. The minimum atomic E-state index is -0.269. The van der Waals surface area contributed by atoms with Gasteiger partial charge in [0, 0.05) is 15.7 Å². The average Bonchev–Trinajstić information content (AvgIpc) is 2.31. The Hall–Kier alpha value is -1.03. The zero-order chi connectivity index (χ0) is 13.8. The third-order valence-electron chi connectivity index (χ3n) is 2.98. The molecule has 0 spiro atoms. The summed E-state index contributed by atoms with van der Waals surface area (Å²) in [5.41, 5.74) is 0.760. The van der Waals surface area contributed by atoms with Crippen molar-refractivity contribution in [3.63, 3.8) is 0 Å². The first-order chi connectivity index (χ1) is 8.35. The first-order valence-electron chi connectivity index (χ1n) is 6.19. The van der Waals surface area contributed by atoms with Gasteiger partial charge in [0.15, 0.2) is 0 Å². The molecule has 0 saturated heterocycles. The van der Waals surface area contributed by atoms with Gasteiger partial charge in [0.1, 0.15) is 6.04 Å². The van der Waals surface area contributed by atoms with Gasteiger partial charge in [-0.3, -0.25) is 4.79 Å². The van der Waals surface area contributed by atoms with Crippen molar-refractivity contribution in [2.24, 2.45) is 0 Å². The molecule has 1 aromatic carbocycles. The number of para-hydroxylation sites is 1. The van der Waals surface area contributed by atoms with Crippen molar-refractivity contribution in [1.29, 1.82) is 0 Å². The highest BCUT2D eigenvalue weighted by atomic mass is 79.9. The fraction of sp³-hybridized carbons (Fsp3) is 0.500. The van der Waals surface area contributed by atoms with Crippen LogP contribution in [0, 0.1) is 0 Å². The Morgan fingerprint density at radius 2 is 2.00 bits per heavy atom. The molecule has 1 rings (SSSR count). The SMILES string of the molecule is CCC(C)(C)NC(=O)C(C)Nc1ccccc1Br. The summed E-state index contributed by atoms with van der Waals surface area (Å²) in [6.07, 6.45) is 0.903. The van der Waals surface area contributed by atoms with Gasteiger partial charge in [-0.2, -0.15) is 0 Å². The third kappa shape index (κ3) is 4.33. The molecule has 0 radical (unpaired) electrons. The van der Waals surface area contributed by atoms with Crippen molar-refractivity contribution < 1.29 is 4.79 Å². The topological polar surface area (TPSA) is 41.1 Å². The number of carbonyl (C=O) groups is 1. The summed E-state index contributed by atoms with van der Waals surface area (Å²) in [4.78, 5) is 12.0. The zero-order valence-corrected chi connectivity index (χ0v) is 13.0. The van der Waals surface area contributed by atoms with Crippen molar-refractivity contribution in [2.45, 2.75) is 45.7 Å². The maximum atomic E-state index is 12.0. The first-order valence-corrected chi connectivity index (χ1v) is 6.98. The van der Waals surface area contributed by atoms with Crippen LogP contribution >= 0.6 is 15.9 Å². The maximum absolute atomic E-state index is 12.0. The van der Waals surface area contributed by atoms with Crippen LogP contribution in [0.25, 0.3) is 0 Å². The number of hydrogen-bond acceptors (Lipinski definition) is 2. The molecule has 0 aromatic heterocycles. The molecule has 100 valence electrons. The normalized spacial score (nSPS) is 12.9. The van der Waals surface area contributed by atoms with Gasteiger partial charge in [0.2, 0.25) is 5.91 Å². The van der Waals surface area contributed by atoms with Crippen LogP contribution in [0.5, 0.6) is 0 Å². The van der Waals surface area contributed by atoms with E-state index in [1.54, 1.807) is 0 Å². The minimum Gasteiger partial charge on any atom is -0.373 e. The Labute approximate surface area is 117 Å². The predicted molar refractivity (Wildman–Crippen MR) is 79.7 cm³/mol. The fourth-order valence-electron chi connectivity index (χ4n) is 1.41. The summed E-state index contributed by atoms with van der Waals surface area (Å²) < 4.78 is 0.958. The molecule has 0 aliphatic carbocycles. The van der Waals surface area contributed by atoms with Gasteiger partial charge in [-0.25, -0.2) is 0 Å². The van der Waals surface area contributed by atoms with Gasteiger partial charge in [0.25, 0.3) is 0 Å². The van der Waals surface area contributed by atoms with E-state index < -0.39 is 0 Å². The summed E-state index contributed by atoms with van der Waals surface area (Å²) in [7, 11) is 0. The second-order valence-electron chi connectivity index (χ2n) is 5.07. The number of amides is 1. The average molecular weight is 313 g/mol. The number of nitrogens with one attached hydrogen (secondary N) is 2. The van der Waals surface area contributed by atoms with E-state index >= 15 is 0 Å². The van der Waals surface area contributed by atoms with Gasteiger partial charge in [0.05, 0.1) is 0 Å². The zero-order valence-electron chi connectivity index (χ0n) is 11.4. The number of rotatable bonds is 5. The van der Waals surface area contributed by atoms with Crippen molar-refractivity contribution >= 4 is 27.5 Å². The molecule has 1 aromatic rings. The molecule has 0 heterocycles. The van der Waals surface area contributed by atoms with Crippen LogP contribution < -0.4 is 10.6 Å². The van der Waals surface area contributed by atoms with Crippen LogP contribution in [-0.2, 0) is 4.79 Å². The highest BCUT2D eigenvalue weighted by Gasteiger charge is 2.21. The lowest BCUT2D eigenvalue weighted by molar-refractivity contribution is -0.123. The Bertz CT molecular complexity index is 418. The van der Waals surface area contributed by atoms with Crippen molar-refractivity contribution in [2.75, 3.05) is 5.32 Å². The van der Waals surface area contributed by atoms with E-state index in [1.807, 2.05) is 45.0 Å². The number of hydrogen-bond donors (Lipinski definition) is 2. The summed E-state index contributed by atoms with van der Waals surface area (Å²) in [6, 6.07) is 7.50. The molecule has 1 unspecified atom stereocenters. The lowest BCUT2D eigenvalue weighted by Gasteiger charge is -2.27. The van der Waals surface area contributed by atoms with Crippen LogP contribution in [0.4, 0.5) is 5.69 Å². The van der Waals surface area contributed by atoms with Crippen LogP contribution in [0.2, 0.25) is 0 Å². The number of anilines is 1. The van der Waals surface area contributed by atoms with E-state index in [1.165, 1.54) is 0 Å². The maximum Gasteiger partial charge on any atom is 0.242 e. The Morgan fingerprint density at radius 3 is 2.56 bits per heavy atom. The number of benzene rings is 1. The largest absolute Gasteiger partial charge is 0.373 e. The smallest absolute Gasteiger partial charge is 0.242 e. The molecule has 0 saturated carbocycles. The van der Waals surface area contributed by atoms with Crippen molar-refractivity contribution in [3.05, 3.63) is 28.7 Å². The molecule has 4 heteroatoms. The molecule has 2 N–H and O–H groups in total. The van der Waals surface area contributed by atoms with E-state index in [0.29, 0.717) is 0 Å². The standard InChI is InChI=1S/C14H21BrN2O/c1-5-14(3,4)17-13(18)10(2)16-12-9-7-6-8-11(12)15/h6-10,16H,5H2,1-4H3,(H,17,18).